The zero-order valence-electron chi connectivity index (χ0n) is 13.5. The number of amides is 2. The number of hydrogen-bond donors (Lipinski definition) is 1. The summed E-state index contributed by atoms with van der Waals surface area (Å²) in [7, 11) is 0. The van der Waals surface area contributed by atoms with Crippen LogP contribution in [0, 0.1) is 0 Å². The highest BCUT2D eigenvalue weighted by Crippen LogP contribution is 2.25. The minimum atomic E-state index is -0.0389. The predicted octanol–water partition coefficient (Wildman–Crippen LogP) is 2.76. The monoisotopic (exact) mass is 311 g/mol. The van der Waals surface area contributed by atoms with Gasteiger partial charge in [0.2, 0.25) is 0 Å². The Morgan fingerprint density at radius 2 is 2.24 bits per heavy atom. The smallest absolute Gasteiger partial charge is 0.318 e. The van der Waals surface area contributed by atoms with Crippen LogP contribution in [0.4, 0.5) is 4.79 Å². The molecule has 0 unspecified atom stereocenters. The Labute approximate surface area is 130 Å². The van der Waals surface area contributed by atoms with Crippen molar-refractivity contribution < 1.29 is 9.53 Å². The summed E-state index contributed by atoms with van der Waals surface area (Å²) in [5.74, 6) is 0. The van der Waals surface area contributed by atoms with E-state index in [1.807, 2.05) is 24.1 Å². The molecule has 5 nitrogen and oxygen atoms in total. The molecule has 0 radical (unpaired) electrons. The average Bonchev–Trinajstić information content (AvgIpc) is 2.88. The number of ether oxygens (including phenoxy) is 1. The van der Waals surface area contributed by atoms with E-state index < -0.39 is 0 Å². The number of nitrogens with one attached hydrogen (secondary N) is 1. The molecular weight excluding hydrogens is 286 g/mol. The van der Waals surface area contributed by atoms with E-state index in [-0.39, 0.29) is 23.6 Å². The number of rotatable bonds is 2. The van der Waals surface area contributed by atoms with Crippen LogP contribution in [0.25, 0.3) is 0 Å². The molecule has 0 spiro atoms. The van der Waals surface area contributed by atoms with Crippen LogP contribution in [-0.2, 0) is 16.7 Å². The van der Waals surface area contributed by atoms with Crippen molar-refractivity contribution in [2.45, 2.75) is 58.7 Å². The SMILES string of the molecule is C[C@@H]1[C@@H](C)OCCN1C(=O)NCc1csc(C(C)(C)C)n1. The van der Waals surface area contributed by atoms with Gasteiger partial charge in [-0.3, -0.25) is 0 Å². The number of nitrogens with zero attached hydrogens (tertiary/aromatic N) is 2. The van der Waals surface area contributed by atoms with Crippen molar-refractivity contribution in [1.82, 2.24) is 15.2 Å². The van der Waals surface area contributed by atoms with Gasteiger partial charge in [-0.1, -0.05) is 20.8 Å². The number of aromatic nitrogens is 1. The Morgan fingerprint density at radius 3 is 2.86 bits per heavy atom. The maximum Gasteiger partial charge on any atom is 0.318 e. The molecule has 1 aliphatic heterocycles. The molecular formula is C15H25N3O2S. The van der Waals surface area contributed by atoms with Crippen LogP contribution in [0.3, 0.4) is 0 Å². The molecule has 1 aromatic heterocycles. The molecule has 1 aromatic rings. The molecule has 2 amide bonds. The van der Waals surface area contributed by atoms with Gasteiger partial charge >= 0.3 is 6.03 Å². The van der Waals surface area contributed by atoms with Gasteiger partial charge in [0, 0.05) is 17.3 Å². The van der Waals surface area contributed by atoms with Crippen molar-refractivity contribution >= 4 is 17.4 Å². The fourth-order valence-electron chi connectivity index (χ4n) is 2.22. The first kappa shape index (κ1) is 16.2. The first-order valence-corrected chi connectivity index (χ1v) is 8.28. The van der Waals surface area contributed by atoms with Crippen molar-refractivity contribution in [3.8, 4) is 0 Å². The van der Waals surface area contributed by atoms with Gasteiger partial charge in [-0.05, 0) is 13.8 Å². The van der Waals surface area contributed by atoms with Crippen LogP contribution in [0.5, 0.6) is 0 Å². The second kappa shape index (κ2) is 6.32. The topological polar surface area (TPSA) is 54.5 Å². The highest BCUT2D eigenvalue weighted by Gasteiger charge is 2.29. The molecule has 0 aliphatic carbocycles. The van der Waals surface area contributed by atoms with Crippen molar-refractivity contribution in [1.29, 1.82) is 0 Å². The molecule has 2 rings (SSSR count). The van der Waals surface area contributed by atoms with Gasteiger partial charge in [-0.2, -0.15) is 0 Å². The van der Waals surface area contributed by atoms with Gasteiger partial charge in [-0.25, -0.2) is 9.78 Å². The highest BCUT2D eigenvalue weighted by atomic mass is 32.1. The largest absolute Gasteiger partial charge is 0.375 e. The van der Waals surface area contributed by atoms with Crippen LogP contribution in [0.2, 0.25) is 0 Å². The Morgan fingerprint density at radius 1 is 1.52 bits per heavy atom. The van der Waals surface area contributed by atoms with E-state index in [1.54, 1.807) is 11.3 Å². The molecule has 1 aliphatic rings. The molecule has 1 N–H and O–H groups in total. The lowest BCUT2D eigenvalue weighted by molar-refractivity contribution is -0.0376. The molecule has 2 atom stereocenters. The van der Waals surface area contributed by atoms with Crippen LogP contribution < -0.4 is 5.32 Å². The van der Waals surface area contributed by atoms with Gasteiger partial charge in [0.25, 0.3) is 0 Å². The summed E-state index contributed by atoms with van der Waals surface area (Å²) < 4.78 is 5.54. The van der Waals surface area contributed by atoms with Crippen molar-refractivity contribution in [3.05, 3.63) is 16.1 Å². The first-order chi connectivity index (χ1) is 9.79. The lowest BCUT2D eigenvalue weighted by Crippen LogP contribution is -2.54. The third-order valence-electron chi connectivity index (χ3n) is 3.76. The Balaban J connectivity index is 1.90. The third-order valence-corrected chi connectivity index (χ3v) is 5.08. The van der Waals surface area contributed by atoms with Crippen LogP contribution in [0.1, 0.15) is 45.3 Å². The summed E-state index contributed by atoms with van der Waals surface area (Å²) in [6, 6.07) is 0.0577. The molecule has 118 valence electrons. The molecule has 0 saturated carbocycles. The summed E-state index contributed by atoms with van der Waals surface area (Å²) in [4.78, 5) is 18.7. The minimum absolute atomic E-state index is 0.0389. The summed E-state index contributed by atoms with van der Waals surface area (Å²) in [6.45, 7) is 12.2. The lowest BCUT2D eigenvalue weighted by Gasteiger charge is -2.37. The summed E-state index contributed by atoms with van der Waals surface area (Å²) >= 11 is 1.65. The Hall–Kier alpha value is -1.14. The molecule has 6 heteroatoms. The minimum Gasteiger partial charge on any atom is -0.375 e. The quantitative estimate of drug-likeness (QED) is 0.913. The van der Waals surface area contributed by atoms with Crippen LogP contribution >= 0.6 is 11.3 Å². The van der Waals surface area contributed by atoms with Gasteiger partial charge < -0.3 is 15.0 Å². The van der Waals surface area contributed by atoms with E-state index in [1.165, 1.54) is 0 Å². The number of thiazole rings is 1. The molecule has 0 aromatic carbocycles. The van der Waals surface area contributed by atoms with E-state index in [9.17, 15) is 4.79 Å². The Kier molecular flexibility index (Phi) is 4.88. The normalized spacial score (nSPS) is 23.2. The molecule has 1 fully saturated rings. The van der Waals surface area contributed by atoms with Crippen LogP contribution in [0.15, 0.2) is 5.38 Å². The maximum atomic E-state index is 12.3. The Bertz CT molecular complexity index is 495. The van der Waals surface area contributed by atoms with Gasteiger partial charge in [0.05, 0.1) is 36.0 Å². The molecule has 21 heavy (non-hydrogen) atoms. The fraction of sp³-hybridized carbons (Fsp3) is 0.733. The number of carbonyl (C=O) groups excluding carboxylic acids is 1. The van der Waals surface area contributed by atoms with Crippen molar-refractivity contribution in [2.75, 3.05) is 13.2 Å². The number of carbonyl (C=O) groups is 1. The van der Waals surface area contributed by atoms with Gasteiger partial charge in [0.15, 0.2) is 0 Å². The predicted molar refractivity (Wildman–Crippen MR) is 84.6 cm³/mol. The van der Waals surface area contributed by atoms with Gasteiger partial charge in [-0.15, -0.1) is 11.3 Å². The standard InChI is InChI=1S/C15H25N3O2S/c1-10-11(2)20-7-6-18(10)14(19)16-8-12-9-21-13(17-12)15(3,4)5/h9-11H,6-8H2,1-5H3,(H,16,19)/t10-,11-/m1/s1. The van der Waals surface area contributed by atoms with E-state index in [2.05, 4.69) is 31.1 Å². The van der Waals surface area contributed by atoms with Gasteiger partial charge in [0.1, 0.15) is 0 Å². The lowest BCUT2D eigenvalue weighted by atomic mass is 9.98. The summed E-state index contributed by atoms with van der Waals surface area (Å²) in [5.41, 5.74) is 0.980. The molecule has 2 heterocycles. The second-order valence-electron chi connectivity index (χ2n) is 6.56. The number of urea groups is 1. The van der Waals surface area contributed by atoms with E-state index in [4.69, 9.17) is 4.74 Å². The summed E-state index contributed by atoms with van der Waals surface area (Å²) in [6.07, 6.45) is 0.0799. The fourth-order valence-corrected chi connectivity index (χ4v) is 3.13. The van der Waals surface area contributed by atoms with E-state index >= 15 is 0 Å². The van der Waals surface area contributed by atoms with Crippen molar-refractivity contribution in [2.24, 2.45) is 0 Å². The second-order valence-corrected chi connectivity index (χ2v) is 7.42. The van der Waals surface area contributed by atoms with Crippen molar-refractivity contribution in [3.63, 3.8) is 0 Å². The number of morpholine rings is 1. The zero-order valence-corrected chi connectivity index (χ0v) is 14.3. The third kappa shape index (κ3) is 3.95. The first-order valence-electron chi connectivity index (χ1n) is 7.40. The summed E-state index contributed by atoms with van der Waals surface area (Å²) in [5, 5.41) is 6.08. The number of hydrogen-bond acceptors (Lipinski definition) is 4. The highest BCUT2D eigenvalue weighted by molar-refractivity contribution is 7.09. The average molecular weight is 311 g/mol. The van der Waals surface area contributed by atoms with Crippen LogP contribution in [-0.4, -0.2) is 41.2 Å². The molecule has 0 bridgehead atoms. The van der Waals surface area contributed by atoms with E-state index in [0.717, 1.165) is 10.7 Å². The maximum absolute atomic E-state index is 12.3. The zero-order chi connectivity index (χ0) is 15.6. The molecule has 1 saturated heterocycles. The van der Waals surface area contributed by atoms with E-state index in [0.29, 0.717) is 19.7 Å².